The summed E-state index contributed by atoms with van der Waals surface area (Å²) in [5, 5.41) is 10.2. The molecule has 4 rings (SSSR count). The average molecular weight is 302 g/mol. The molecule has 0 spiro atoms. The van der Waals surface area contributed by atoms with Crippen LogP contribution in [0.15, 0.2) is 11.1 Å². The fourth-order valence-corrected chi connectivity index (χ4v) is 6.88. The standard InChI is InChI=1S/C20H30O2/c1-12(21)18-7-8-19-17-5-3-13-11-14(22)4-6-15(13)16(17)9-10-20(18,19)2/h12,16-19,21H,3-11H2,1-2H3/t12-,16+,17+,18+,19-,20+/m0/s1. The maximum Gasteiger partial charge on any atom is 0.137 e. The van der Waals surface area contributed by atoms with Crippen LogP contribution in [0.5, 0.6) is 0 Å². The minimum Gasteiger partial charge on any atom is -0.393 e. The molecule has 0 aromatic rings. The molecule has 2 nitrogen and oxygen atoms in total. The summed E-state index contributed by atoms with van der Waals surface area (Å²) < 4.78 is 0. The van der Waals surface area contributed by atoms with E-state index in [-0.39, 0.29) is 6.10 Å². The highest BCUT2D eigenvalue weighted by Gasteiger charge is 2.55. The highest BCUT2D eigenvalue weighted by atomic mass is 16.3. The lowest BCUT2D eigenvalue weighted by atomic mass is 9.53. The predicted octanol–water partition coefficient (Wildman–Crippen LogP) is 4.27. The van der Waals surface area contributed by atoms with Gasteiger partial charge in [-0.05, 0) is 81.0 Å². The van der Waals surface area contributed by atoms with E-state index in [9.17, 15) is 9.90 Å². The van der Waals surface area contributed by atoms with Crippen LogP contribution in [0.4, 0.5) is 0 Å². The third-order valence-corrected chi connectivity index (χ3v) is 7.86. The Labute approximate surface area is 134 Å². The maximum absolute atomic E-state index is 11.8. The molecule has 0 aromatic carbocycles. The third kappa shape index (κ3) is 2.06. The van der Waals surface area contributed by atoms with Gasteiger partial charge in [0.2, 0.25) is 0 Å². The number of aliphatic hydroxyl groups is 1. The molecule has 122 valence electrons. The van der Waals surface area contributed by atoms with Crippen molar-refractivity contribution in [2.24, 2.45) is 29.1 Å². The normalized spacial score (nSPS) is 46.0. The van der Waals surface area contributed by atoms with Gasteiger partial charge < -0.3 is 5.11 Å². The van der Waals surface area contributed by atoms with E-state index in [4.69, 9.17) is 0 Å². The Morgan fingerprint density at radius 3 is 2.73 bits per heavy atom. The molecule has 0 bridgehead atoms. The third-order valence-electron chi connectivity index (χ3n) is 7.86. The van der Waals surface area contributed by atoms with E-state index < -0.39 is 0 Å². The second kappa shape index (κ2) is 5.19. The van der Waals surface area contributed by atoms with E-state index in [1.165, 1.54) is 44.1 Å². The fourth-order valence-electron chi connectivity index (χ4n) is 6.88. The summed E-state index contributed by atoms with van der Waals surface area (Å²) in [6.07, 6.45) is 10.0. The number of allylic oxidation sites excluding steroid dienone is 2. The van der Waals surface area contributed by atoms with Crippen molar-refractivity contribution in [1.29, 1.82) is 0 Å². The number of hydrogen-bond acceptors (Lipinski definition) is 2. The number of hydrogen-bond donors (Lipinski definition) is 1. The summed E-state index contributed by atoms with van der Waals surface area (Å²) in [6, 6.07) is 0. The van der Waals surface area contributed by atoms with Gasteiger partial charge in [0.25, 0.3) is 0 Å². The van der Waals surface area contributed by atoms with Gasteiger partial charge in [-0.15, -0.1) is 0 Å². The highest BCUT2D eigenvalue weighted by molar-refractivity contribution is 5.82. The Hall–Kier alpha value is -0.630. The molecule has 2 saturated carbocycles. The van der Waals surface area contributed by atoms with Crippen LogP contribution in [0.2, 0.25) is 0 Å². The Morgan fingerprint density at radius 1 is 1.14 bits per heavy atom. The molecule has 0 aliphatic heterocycles. The van der Waals surface area contributed by atoms with Gasteiger partial charge in [-0.3, -0.25) is 4.79 Å². The van der Waals surface area contributed by atoms with Gasteiger partial charge in [0.15, 0.2) is 0 Å². The number of fused-ring (bicyclic) bond motifs is 4. The van der Waals surface area contributed by atoms with E-state index in [2.05, 4.69) is 6.92 Å². The van der Waals surface area contributed by atoms with Crippen LogP contribution in [-0.2, 0) is 4.79 Å². The van der Waals surface area contributed by atoms with Crippen LogP contribution in [0, 0.1) is 29.1 Å². The zero-order valence-electron chi connectivity index (χ0n) is 14.1. The Balaban J connectivity index is 1.62. The number of rotatable bonds is 1. The number of ketones is 1. The molecule has 0 unspecified atom stereocenters. The number of carbonyl (C=O) groups excluding carboxylic acids is 1. The first-order chi connectivity index (χ1) is 10.5. The summed E-state index contributed by atoms with van der Waals surface area (Å²) in [7, 11) is 0. The lowest BCUT2D eigenvalue weighted by molar-refractivity contribution is -0.119. The second-order valence-electron chi connectivity index (χ2n) is 8.73. The molecular weight excluding hydrogens is 272 g/mol. The molecule has 4 aliphatic rings. The first-order valence-corrected chi connectivity index (χ1v) is 9.41. The predicted molar refractivity (Wildman–Crippen MR) is 87.3 cm³/mol. The molecule has 1 N–H and O–H groups in total. The topological polar surface area (TPSA) is 37.3 Å². The van der Waals surface area contributed by atoms with Gasteiger partial charge in [-0.2, -0.15) is 0 Å². The van der Waals surface area contributed by atoms with E-state index >= 15 is 0 Å². The molecular formula is C20H30O2. The SMILES string of the molecule is C[C@H](O)[C@H]1CC[C@H]2[C@@H]3CCC4=C(CCC(=O)C4)[C@H]3CC[C@]12C. The van der Waals surface area contributed by atoms with Crippen LogP contribution in [0.1, 0.15) is 71.6 Å². The molecule has 0 heterocycles. The van der Waals surface area contributed by atoms with E-state index in [0.29, 0.717) is 17.1 Å². The first-order valence-electron chi connectivity index (χ1n) is 9.41. The zero-order chi connectivity index (χ0) is 15.5. The average Bonchev–Trinajstić information content (AvgIpc) is 2.84. The van der Waals surface area contributed by atoms with Crippen molar-refractivity contribution in [3.63, 3.8) is 0 Å². The molecule has 0 aromatic heterocycles. The summed E-state index contributed by atoms with van der Waals surface area (Å²) in [4.78, 5) is 11.8. The molecule has 0 saturated heterocycles. The van der Waals surface area contributed by atoms with Crippen molar-refractivity contribution in [1.82, 2.24) is 0 Å². The van der Waals surface area contributed by atoms with Gasteiger partial charge in [0.05, 0.1) is 6.10 Å². The lowest BCUT2D eigenvalue weighted by Gasteiger charge is -2.52. The smallest absolute Gasteiger partial charge is 0.137 e. The summed E-state index contributed by atoms with van der Waals surface area (Å²) in [5.74, 6) is 3.37. The largest absolute Gasteiger partial charge is 0.393 e. The van der Waals surface area contributed by atoms with Crippen LogP contribution >= 0.6 is 0 Å². The van der Waals surface area contributed by atoms with Crippen LogP contribution in [0.3, 0.4) is 0 Å². The zero-order valence-corrected chi connectivity index (χ0v) is 14.1. The van der Waals surface area contributed by atoms with Gasteiger partial charge >= 0.3 is 0 Å². The number of Topliss-reactive ketones (excluding diaryl/α,β-unsaturated/α-hetero) is 1. The number of aliphatic hydroxyl groups excluding tert-OH is 1. The van der Waals surface area contributed by atoms with Crippen LogP contribution < -0.4 is 0 Å². The summed E-state index contributed by atoms with van der Waals surface area (Å²) >= 11 is 0. The Bertz CT molecular complexity index is 518. The van der Waals surface area contributed by atoms with Crippen molar-refractivity contribution in [2.75, 3.05) is 0 Å². The van der Waals surface area contributed by atoms with E-state index in [1.807, 2.05) is 6.92 Å². The van der Waals surface area contributed by atoms with Gasteiger partial charge in [-0.25, -0.2) is 0 Å². The van der Waals surface area contributed by atoms with Crippen molar-refractivity contribution in [3.05, 3.63) is 11.1 Å². The molecule has 2 fully saturated rings. The van der Waals surface area contributed by atoms with Crippen molar-refractivity contribution >= 4 is 5.78 Å². The fraction of sp³-hybridized carbons (Fsp3) is 0.850. The molecule has 4 aliphatic carbocycles. The Kier molecular flexibility index (Phi) is 3.52. The molecule has 6 atom stereocenters. The molecule has 22 heavy (non-hydrogen) atoms. The maximum atomic E-state index is 11.8. The van der Waals surface area contributed by atoms with E-state index in [0.717, 1.165) is 37.0 Å². The monoisotopic (exact) mass is 302 g/mol. The highest BCUT2D eigenvalue weighted by Crippen LogP contribution is 2.63. The van der Waals surface area contributed by atoms with E-state index in [1.54, 1.807) is 5.57 Å². The van der Waals surface area contributed by atoms with Gasteiger partial charge in [0, 0.05) is 12.8 Å². The first kappa shape index (κ1) is 14.9. The van der Waals surface area contributed by atoms with Crippen LogP contribution in [-0.4, -0.2) is 17.0 Å². The van der Waals surface area contributed by atoms with Crippen molar-refractivity contribution in [2.45, 2.75) is 77.7 Å². The minimum absolute atomic E-state index is 0.155. The summed E-state index contributed by atoms with van der Waals surface area (Å²) in [5.41, 5.74) is 3.57. The van der Waals surface area contributed by atoms with Gasteiger partial charge in [-0.1, -0.05) is 18.1 Å². The quantitative estimate of drug-likeness (QED) is 0.734. The van der Waals surface area contributed by atoms with Crippen LogP contribution in [0.25, 0.3) is 0 Å². The summed E-state index contributed by atoms with van der Waals surface area (Å²) in [6.45, 7) is 4.46. The van der Waals surface area contributed by atoms with Crippen molar-refractivity contribution < 1.29 is 9.90 Å². The van der Waals surface area contributed by atoms with Gasteiger partial charge in [0.1, 0.15) is 5.78 Å². The van der Waals surface area contributed by atoms with Crippen molar-refractivity contribution in [3.8, 4) is 0 Å². The molecule has 0 radical (unpaired) electrons. The molecule has 0 amide bonds. The number of carbonyl (C=O) groups is 1. The lowest BCUT2D eigenvalue weighted by Crippen LogP contribution is -2.45. The Morgan fingerprint density at radius 2 is 1.95 bits per heavy atom. The second-order valence-corrected chi connectivity index (χ2v) is 8.73. The molecule has 2 heteroatoms. The minimum atomic E-state index is -0.155.